The monoisotopic (exact) mass is 709 g/mol. The van der Waals surface area contributed by atoms with Gasteiger partial charge in [-0.05, 0) is 72.8 Å². The van der Waals surface area contributed by atoms with Crippen LogP contribution in [-0.2, 0) is 5.41 Å². The molecule has 6 heteroatoms. The molecule has 0 saturated heterocycles. The van der Waals surface area contributed by atoms with Crippen LogP contribution < -0.4 is 9.64 Å². The smallest absolute Gasteiger partial charge is 0.155 e. The summed E-state index contributed by atoms with van der Waals surface area (Å²) in [5, 5.41) is 4.69. The number of aromatic nitrogens is 4. The number of benzene rings is 6. The molecular weight excluding hydrogens is 675 g/mol. The highest BCUT2D eigenvalue weighted by Gasteiger charge is 2.36. The van der Waals surface area contributed by atoms with E-state index in [0.29, 0.717) is 0 Å². The van der Waals surface area contributed by atoms with Crippen LogP contribution in [0.15, 0.2) is 176 Å². The molecule has 5 heterocycles. The van der Waals surface area contributed by atoms with E-state index in [1.165, 1.54) is 16.3 Å². The number of anilines is 3. The van der Waals surface area contributed by atoms with Crippen LogP contribution in [0.1, 0.15) is 25.0 Å². The molecule has 262 valence electrons. The average molecular weight is 710 g/mol. The van der Waals surface area contributed by atoms with E-state index in [0.717, 1.165) is 78.6 Å². The first-order chi connectivity index (χ1) is 27.1. The van der Waals surface area contributed by atoms with E-state index in [-0.39, 0.29) is 5.41 Å². The summed E-state index contributed by atoms with van der Waals surface area (Å²) in [4.78, 5) is 12.0. The van der Waals surface area contributed by atoms with Gasteiger partial charge in [-0.15, -0.1) is 0 Å². The number of hydrogen-bond donors (Lipinski definition) is 0. The van der Waals surface area contributed by atoms with Crippen LogP contribution in [0.25, 0.3) is 55.2 Å². The van der Waals surface area contributed by atoms with Gasteiger partial charge in [0.25, 0.3) is 0 Å². The Morgan fingerprint density at radius 1 is 0.473 bits per heavy atom. The summed E-state index contributed by atoms with van der Waals surface area (Å²) in [6, 6.07) is 57.8. The molecule has 0 N–H and O–H groups in total. The summed E-state index contributed by atoms with van der Waals surface area (Å²) in [5.74, 6) is 3.47. The Hall–Kier alpha value is -7.18. The molecule has 0 aliphatic carbocycles. The van der Waals surface area contributed by atoms with E-state index in [1.54, 1.807) is 0 Å². The molecule has 11 rings (SSSR count). The lowest BCUT2D eigenvalue weighted by Crippen LogP contribution is -2.25. The predicted molar refractivity (Wildman–Crippen MR) is 224 cm³/mol. The zero-order valence-corrected chi connectivity index (χ0v) is 30.4. The third kappa shape index (κ3) is 4.68. The van der Waals surface area contributed by atoms with Crippen LogP contribution in [0.4, 0.5) is 17.1 Å². The molecule has 0 bridgehead atoms. The lowest BCUT2D eigenvalue weighted by Gasteiger charge is -2.37. The van der Waals surface area contributed by atoms with Gasteiger partial charge in [0.05, 0.1) is 27.8 Å². The van der Waals surface area contributed by atoms with Crippen LogP contribution >= 0.6 is 0 Å². The van der Waals surface area contributed by atoms with Gasteiger partial charge in [-0.25, -0.2) is 9.97 Å². The Morgan fingerprint density at radius 2 is 0.982 bits per heavy atom. The molecule has 0 saturated carbocycles. The minimum atomic E-state index is -0.281. The van der Waals surface area contributed by atoms with Gasteiger partial charge in [0.1, 0.15) is 17.4 Å². The minimum Gasteiger partial charge on any atom is -0.455 e. The van der Waals surface area contributed by atoms with Crippen molar-refractivity contribution in [1.82, 2.24) is 19.1 Å². The van der Waals surface area contributed by atoms with E-state index >= 15 is 0 Å². The van der Waals surface area contributed by atoms with Crippen molar-refractivity contribution in [3.05, 3.63) is 187 Å². The molecule has 0 amide bonds. The first-order valence-corrected chi connectivity index (χ1v) is 18.7. The predicted octanol–water partition coefficient (Wildman–Crippen LogP) is 12.6. The summed E-state index contributed by atoms with van der Waals surface area (Å²) in [6.07, 6.45) is 3.71. The van der Waals surface area contributed by atoms with Crippen molar-refractivity contribution in [1.29, 1.82) is 0 Å². The third-order valence-electron chi connectivity index (χ3n) is 11.3. The van der Waals surface area contributed by atoms with E-state index in [1.807, 2.05) is 36.7 Å². The molecule has 6 aromatic carbocycles. The second kappa shape index (κ2) is 11.9. The molecule has 0 radical (unpaired) electrons. The largest absolute Gasteiger partial charge is 0.455 e. The topological polar surface area (TPSA) is 48.1 Å². The van der Waals surface area contributed by atoms with Crippen molar-refractivity contribution in [2.24, 2.45) is 0 Å². The van der Waals surface area contributed by atoms with Gasteiger partial charge >= 0.3 is 0 Å². The molecule has 55 heavy (non-hydrogen) atoms. The molecule has 0 unspecified atom stereocenters. The van der Waals surface area contributed by atoms with Crippen molar-refractivity contribution in [3.63, 3.8) is 0 Å². The van der Waals surface area contributed by atoms with E-state index in [4.69, 9.17) is 14.7 Å². The van der Waals surface area contributed by atoms with Gasteiger partial charge < -0.3 is 9.64 Å². The van der Waals surface area contributed by atoms with Crippen LogP contribution in [-0.4, -0.2) is 19.1 Å². The Kier molecular flexibility index (Phi) is 6.79. The van der Waals surface area contributed by atoms with Crippen LogP contribution in [0.2, 0.25) is 0 Å². The normalized spacial score (nSPS) is 13.2. The molecule has 0 spiro atoms. The maximum atomic E-state index is 6.95. The van der Waals surface area contributed by atoms with Crippen molar-refractivity contribution in [2.75, 3.05) is 4.90 Å². The minimum absolute atomic E-state index is 0.281. The van der Waals surface area contributed by atoms with Crippen molar-refractivity contribution in [3.8, 4) is 23.1 Å². The fraction of sp³-hybridized carbons (Fsp3) is 0.0612. The van der Waals surface area contributed by atoms with Crippen molar-refractivity contribution < 1.29 is 4.74 Å². The van der Waals surface area contributed by atoms with Gasteiger partial charge in [0.15, 0.2) is 5.75 Å². The lowest BCUT2D eigenvalue weighted by molar-refractivity contribution is 0.419. The number of para-hydroxylation sites is 4. The van der Waals surface area contributed by atoms with Crippen molar-refractivity contribution in [2.45, 2.75) is 19.3 Å². The van der Waals surface area contributed by atoms with E-state index < -0.39 is 0 Å². The second-order valence-electron chi connectivity index (χ2n) is 14.7. The summed E-state index contributed by atoms with van der Waals surface area (Å²) in [6.45, 7) is 4.58. The van der Waals surface area contributed by atoms with Crippen LogP contribution in [0.3, 0.4) is 0 Å². The summed E-state index contributed by atoms with van der Waals surface area (Å²) < 4.78 is 11.5. The van der Waals surface area contributed by atoms with Crippen molar-refractivity contribution >= 4 is 60.7 Å². The van der Waals surface area contributed by atoms with Gasteiger partial charge in [-0.3, -0.25) is 9.13 Å². The Labute approximate surface area is 318 Å². The third-order valence-corrected chi connectivity index (χ3v) is 11.3. The zero-order chi connectivity index (χ0) is 36.7. The number of rotatable bonds is 5. The quantitative estimate of drug-likeness (QED) is 0.178. The first kappa shape index (κ1) is 31.4. The molecule has 4 aromatic heterocycles. The standard InChI is InChI=1S/C49H35N5O/c1-49(2)38-16-5-8-21-45(38)55-48-39(49)17-13-20-42(48)52(32-24-26-36-34-14-3-6-18-40(34)53(43(36)30-32)46-22-9-11-28-50-46)33-25-27-37-35-15-4-7-19-41(35)54(44(37)31-33)47-23-10-12-29-51-47/h3-31H,1-2H3. The molecular formula is C49H35N5O. The second-order valence-corrected chi connectivity index (χ2v) is 14.7. The number of hydrogen-bond acceptors (Lipinski definition) is 4. The highest BCUT2D eigenvalue weighted by molar-refractivity contribution is 6.12. The molecule has 1 aliphatic heterocycles. The summed E-state index contributed by atoms with van der Waals surface area (Å²) >= 11 is 0. The Morgan fingerprint density at radius 3 is 1.56 bits per heavy atom. The Balaban J connectivity index is 1.22. The highest BCUT2D eigenvalue weighted by Crippen LogP contribution is 2.54. The molecule has 1 aliphatic rings. The van der Waals surface area contributed by atoms with Gasteiger partial charge in [-0.1, -0.05) is 105 Å². The number of fused-ring (bicyclic) bond motifs is 8. The first-order valence-electron chi connectivity index (χ1n) is 18.7. The molecule has 0 fully saturated rings. The SMILES string of the molecule is CC1(C)c2ccccc2Oc2c(N(c3ccc4c5ccccc5n(-c5ccccn5)c4c3)c3ccc4c5ccccc5n(-c5ccccn5)c4c3)cccc21. The van der Waals surface area contributed by atoms with E-state index in [9.17, 15) is 0 Å². The Bertz CT molecular complexity index is 2950. The maximum absolute atomic E-state index is 6.95. The molecule has 10 aromatic rings. The zero-order valence-electron chi connectivity index (χ0n) is 30.4. The highest BCUT2D eigenvalue weighted by atomic mass is 16.5. The average Bonchev–Trinajstić information content (AvgIpc) is 3.74. The number of nitrogens with zero attached hydrogens (tertiary/aromatic N) is 5. The molecule has 6 nitrogen and oxygen atoms in total. The van der Waals surface area contributed by atoms with Gasteiger partial charge in [-0.2, -0.15) is 0 Å². The van der Waals surface area contributed by atoms with Gasteiger partial charge in [0, 0.05) is 61.9 Å². The van der Waals surface area contributed by atoms with E-state index in [2.05, 4.69) is 167 Å². The summed E-state index contributed by atoms with van der Waals surface area (Å²) in [7, 11) is 0. The maximum Gasteiger partial charge on any atom is 0.155 e. The fourth-order valence-corrected chi connectivity index (χ4v) is 8.72. The summed E-state index contributed by atoms with van der Waals surface area (Å²) in [5.41, 5.74) is 9.36. The van der Waals surface area contributed by atoms with Crippen LogP contribution in [0, 0.1) is 0 Å². The number of pyridine rings is 2. The van der Waals surface area contributed by atoms with Crippen LogP contribution in [0.5, 0.6) is 11.5 Å². The molecule has 0 atom stereocenters. The fourth-order valence-electron chi connectivity index (χ4n) is 8.72. The lowest BCUT2D eigenvalue weighted by atomic mass is 9.75. The van der Waals surface area contributed by atoms with Gasteiger partial charge in [0.2, 0.25) is 0 Å². The number of ether oxygens (including phenoxy) is 1.